The Morgan fingerprint density at radius 1 is 1.04 bits per heavy atom. The molecule has 0 radical (unpaired) electrons. The SMILES string of the molecule is Cc1cccc(-c2cc3cc(-c4ncc(C(N)=O)c(C)n4)ccc3[nH]2)c1. The minimum atomic E-state index is -0.516. The van der Waals surface area contributed by atoms with Crippen molar-refractivity contribution in [2.75, 3.05) is 0 Å². The topological polar surface area (TPSA) is 84.7 Å². The van der Waals surface area contributed by atoms with Crippen molar-refractivity contribution in [3.8, 4) is 22.6 Å². The number of nitrogens with one attached hydrogen (secondary N) is 1. The molecule has 0 unspecified atom stereocenters. The number of aromatic nitrogens is 3. The largest absolute Gasteiger partial charge is 0.365 e. The molecule has 0 fully saturated rings. The van der Waals surface area contributed by atoms with Crippen LogP contribution in [0.25, 0.3) is 33.5 Å². The highest BCUT2D eigenvalue weighted by molar-refractivity contribution is 5.94. The zero-order chi connectivity index (χ0) is 18.3. The summed E-state index contributed by atoms with van der Waals surface area (Å²) in [6.07, 6.45) is 1.49. The molecule has 5 heteroatoms. The smallest absolute Gasteiger partial charge is 0.252 e. The van der Waals surface area contributed by atoms with Crippen molar-refractivity contribution in [3.63, 3.8) is 0 Å². The molecule has 2 aromatic heterocycles. The number of hydrogen-bond acceptors (Lipinski definition) is 3. The standard InChI is InChI=1S/C21H18N4O/c1-12-4-3-5-14(8-12)19-10-16-9-15(6-7-18(16)25-19)21-23-11-17(20(22)26)13(2)24-21/h3-11,25H,1-2H3,(H2,22,26). The lowest BCUT2D eigenvalue weighted by molar-refractivity contribution is 0.0999. The van der Waals surface area contributed by atoms with Crippen LogP contribution in [0.15, 0.2) is 54.7 Å². The summed E-state index contributed by atoms with van der Waals surface area (Å²) in [5.41, 5.74) is 11.6. The number of hydrogen-bond donors (Lipinski definition) is 2. The highest BCUT2D eigenvalue weighted by Gasteiger charge is 2.11. The number of primary amides is 1. The highest BCUT2D eigenvalue weighted by Crippen LogP contribution is 2.28. The Balaban J connectivity index is 1.76. The minimum Gasteiger partial charge on any atom is -0.365 e. The van der Waals surface area contributed by atoms with Gasteiger partial charge >= 0.3 is 0 Å². The van der Waals surface area contributed by atoms with Crippen LogP contribution in [0.5, 0.6) is 0 Å². The number of carbonyl (C=O) groups excluding carboxylic acids is 1. The monoisotopic (exact) mass is 342 g/mol. The zero-order valence-electron chi connectivity index (χ0n) is 14.6. The molecule has 3 N–H and O–H groups in total. The Labute approximate surface area is 150 Å². The van der Waals surface area contributed by atoms with Gasteiger partial charge < -0.3 is 10.7 Å². The van der Waals surface area contributed by atoms with Crippen LogP contribution in [0.2, 0.25) is 0 Å². The van der Waals surface area contributed by atoms with Gasteiger partial charge in [0.15, 0.2) is 5.82 Å². The summed E-state index contributed by atoms with van der Waals surface area (Å²) in [4.78, 5) is 23.5. The predicted octanol–water partition coefficient (Wildman–Crippen LogP) is 4.01. The molecule has 2 heterocycles. The molecule has 0 bridgehead atoms. The fraction of sp³-hybridized carbons (Fsp3) is 0.0952. The van der Waals surface area contributed by atoms with Crippen molar-refractivity contribution in [2.24, 2.45) is 5.73 Å². The lowest BCUT2D eigenvalue weighted by atomic mass is 10.1. The summed E-state index contributed by atoms with van der Waals surface area (Å²) in [7, 11) is 0. The number of H-pyrrole nitrogens is 1. The molecular formula is C21H18N4O. The van der Waals surface area contributed by atoms with Crippen molar-refractivity contribution in [1.82, 2.24) is 15.0 Å². The van der Waals surface area contributed by atoms with E-state index in [4.69, 9.17) is 5.73 Å². The number of amides is 1. The molecule has 2 aromatic carbocycles. The maximum atomic E-state index is 11.3. The number of rotatable bonds is 3. The fourth-order valence-corrected chi connectivity index (χ4v) is 3.09. The number of nitrogens with two attached hydrogens (primary N) is 1. The second kappa shape index (κ2) is 6.11. The molecule has 0 aliphatic carbocycles. The molecule has 0 saturated carbocycles. The van der Waals surface area contributed by atoms with Crippen LogP contribution in [0, 0.1) is 13.8 Å². The molecule has 0 saturated heterocycles. The molecule has 0 aliphatic rings. The van der Waals surface area contributed by atoms with Crippen molar-refractivity contribution >= 4 is 16.8 Å². The van der Waals surface area contributed by atoms with Gasteiger partial charge in [-0.05, 0) is 49.7 Å². The number of aryl methyl sites for hydroxylation is 2. The van der Waals surface area contributed by atoms with E-state index in [1.54, 1.807) is 6.92 Å². The van der Waals surface area contributed by atoms with Gasteiger partial charge in [-0.15, -0.1) is 0 Å². The van der Waals surface area contributed by atoms with Crippen LogP contribution in [0.1, 0.15) is 21.6 Å². The van der Waals surface area contributed by atoms with E-state index < -0.39 is 5.91 Å². The maximum Gasteiger partial charge on any atom is 0.252 e. The second-order valence-corrected chi connectivity index (χ2v) is 6.41. The summed E-state index contributed by atoms with van der Waals surface area (Å²) in [6.45, 7) is 3.84. The molecule has 0 aliphatic heterocycles. The third-order valence-corrected chi connectivity index (χ3v) is 4.45. The third-order valence-electron chi connectivity index (χ3n) is 4.45. The van der Waals surface area contributed by atoms with E-state index in [0.717, 1.165) is 27.7 Å². The Bertz CT molecular complexity index is 1140. The van der Waals surface area contributed by atoms with E-state index >= 15 is 0 Å². The Morgan fingerprint density at radius 3 is 2.62 bits per heavy atom. The normalized spacial score (nSPS) is 11.0. The van der Waals surface area contributed by atoms with Crippen LogP contribution >= 0.6 is 0 Å². The summed E-state index contributed by atoms with van der Waals surface area (Å²) < 4.78 is 0. The summed E-state index contributed by atoms with van der Waals surface area (Å²) >= 11 is 0. The number of nitrogens with zero attached hydrogens (tertiary/aromatic N) is 2. The van der Waals surface area contributed by atoms with Gasteiger partial charge in [0.05, 0.1) is 11.3 Å². The van der Waals surface area contributed by atoms with E-state index in [2.05, 4.69) is 52.2 Å². The average molecular weight is 342 g/mol. The first kappa shape index (κ1) is 16.0. The Morgan fingerprint density at radius 2 is 1.88 bits per heavy atom. The van der Waals surface area contributed by atoms with E-state index in [1.807, 2.05) is 18.2 Å². The van der Waals surface area contributed by atoms with Crippen molar-refractivity contribution in [1.29, 1.82) is 0 Å². The molecule has 4 aromatic rings. The number of aromatic amines is 1. The van der Waals surface area contributed by atoms with Gasteiger partial charge in [-0.25, -0.2) is 9.97 Å². The van der Waals surface area contributed by atoms with E-state index in [1.165, 1.54) is 11.8 Å². The fourth-order valence-electron chi connectivity index (χ4n) is 3.09. The highest BCUT2D eigenvalue weighted by atomic mass is 16.1. The number of carbonyl (C=O) groups is 1. The minimum absolute atomic E-state index is 0.346. The third kappa shape index (κ3) is 2.84. The Hall–Kier alpha value is -3.47. The zero-order valence-corrected chi connectivity index (χ0v) is 14.6. The van der Waals surface area contributed by atoms with Gasteiger partial charge in [0.1, 0.15) is 0 Å². The van der Waals surface area contributed by atoms with Crippen molar-refractivity contribution < 1.29 is 4.79 Å². The first-order chi connectivity index (χ1) is 12.5. The van der Waals surface area contributed by atoms with Crippen LogP contribution in [0.3, 0.4) is 0 Å². The van der Waals surface area contributed by atoms with Gasteiger partial charge in [0.2, 0.25) is 0 Å². The Kier molecular flexibility index (Phi) is 3.77. The number of benzene rings is 2. The second-order valence-electron chi connectivity index (χ2n) is 6.41. The van der Waals surface area contributed by atoms with Gasteiger partial charge in [0.25, 0.3) is 5.91 Å². The molecule has 26 heavy (non-hydrogen) atoms. The van der Waals surface area contributed by atoms with E-state index in [9.17, 15) is 4.79 Å². The summed E-state index contributed by atoms with van der Waals surface area (Å²) in [5.74, 6) is 0.0608. The van der Waals surface area contributed by atoms with E-state index in [0.29, 0.717) is 17.1 Å². The van der Waals surface area contributed by atoms with Gasteiger partial charge in [-0.1, -0.05) is 23.8 Å². The maximum absolute atomic E-state index is 11.3. The van der Waals surface area contributed by atoms with Crippen molar-refractivity contribution in [3.05, 3.63) is 71.5 Å². The van der Waals surface area contributed by atoms with Gasteiger partial charge in [-0.2, -0.15) is 0 Å². The first-order valence-corrected chi connectivity index (χ1v) is 8.35. The van der Waals surface area contributed by atoms with Crippen LogP contribution in [-0.2, 0) is 0 Å². The summed E-state index contributed by atoms with van der Waals surface area (Å²) in [6, 6.07) is 16.5. The molecular weight excluding hydrogens is 324 g/mol. The van der Waals surface area contributed by atoms with Crippen LogP contribution in [-0.4, -0.2) is 20.9 Å². The molecule has 1 amide bonds. The van der Waals surface area contributed by atoms with Crippen molar-refractivity contribution in [2.45, 2.75) is 13.8 Å². The lowest BCUT2D eigenvalue weighted by Gasteiger charge is -2.04. The molecule has 0 atom stereocenters. The first-order valence-electron chi connectivity index (χ1n) is 8.35. The molecule has 4 rings (SSSR count). The van der Waals surface area contributed by atoms with Crippen LogP contribution in [0.4, 0.5) is 0 Å². The van der Waals surface area contributed by atoms with Gasteiger partial charge in [-0.3, -0.25) is 4.79 Å². The molecule has 0 spiro atoms. The predicted molar refractivity (Wildman–Crippen MR) is 103 cm³/mol. The quantitative estimate of drug-likeness (QED) is 0.590. The lowest BCUT2D eigenvalue weighted by Crippen LogP contribution is -2.14. The summed E-state index contributed by atoms with van der Waals surface area (Å²) in [5, 5.41) is 1.08. The number of fused-ring (bicyclic) bond motifs is 1. The average Bonchev–Trinajstić information content (AvgIpc) is 3.04. The van der Waals surface area contributed by atoms with E-state index in [-0.39, 0.29) is 0 Å². The van der Waals surface area contributed by atoms with Crippen LogP contribution < -0.4 is 5.73 Å². The van der Waals surface area contributed by atoms with Gasteiger partial charge in [0, 0.05) is 28.4 Å². The molecule has 5 nitrogen and oxygen atoms in total. The molecule has 128 valence electrons.